The van der Waals surface area contributed by atoms with Gasteiger partial charge in [0.15, 0.2) is 0 Å². The molecule has 8 nitrogen and oxygen atoms in total. The second-order valence-electron chi connectivity index (χ2n) is 6.14. The van der Waals surface area contributed by atoms with Crippen molar-refractivity contribution in [2.45, 2.75) is 26.3 Å². The first-order valence-corrected chi connectivity index (χ1v) is 9.18. The third kappa shape index (κ3) is 6.33. The minimum atomic E-state index is -0.625. The van der Waals surface area contributed by atoms with Gasteiger partial charge < -0.3 is 20.1 Å². The van der Waals surface area contributed by atoms with Crippen LogP contribution in [0.5, 0.6) is 0 Å². The summed E-state index contributed by atoms with van der Waals surface area (Å²) in [5.41, 5.74) is 1.83. The van der Waals surface area contributed by atoms with Gasteiger partial charge in [0.2, 0.25) is 11.8 Å². The number of rotatable bonds is 8. The lowest BCUT2D eigenvalue weighted by molar-refractivity contribution is -0.145. The van der Waals surface area contributed by atoms with Crippen LogP contribution in [0.3, 0.4) is 0 Å². The molecule has 1 fully saturated rings. The van der Waals surface area contributed by atoms with Crippen molar-refractivity contribution in [3.05, 3.63) is 29.8 Å². The Labute approximate surface area is 159 Å². The van der Waals surface area contributed by atoms with E-state index in [9.17, 15) is 14.4 Å². The third-order valence-electron chi connectivity index (χ3n) is 4.27. The van der Waals surface area contributed by atoms with Crippen LogP contribution in [-0.4, -0.2) is 68.2 Å². The molecule has 2 rings (SSSR count). The third-order valence-corrected chi connectivity index (χ3v) is 4.27. The summed E-state index contributed by atoms with van der Waals surface area (Å²) in [6.07, 6.45) is 0.812. The molecule has 1 saturated heterocycles. The highest BCUT2D eigenvalue weighted by atomic mass is 16.5. The molecule has 1 aliphatic heterocycles. The summed E-state index contributed by atoms with van der Waals surface area (Å²) in [6.45, 7) is 4.93. The van der Waals surface area contributed by atoms with E-state index in [2.05, 4.69) is 10.6 Å². The zero-order valence-corrected chi connectivity index (χ0v) is 15.8. The van der Waals surface area contributed by atoms with Crippen LogP contribution in [0.25, 0.3) is 0 Å². The summed E-state index contributed by atoms with van der Waals surface area (Å²) >= 11 is 0. The summed E-state index contributed by atoms with van der Waals surface area (Å²) in [5, 5.41) is 5.45. The summed E-state index contributed by atoms with van der Waals surface area (Å²) in [4.78, 5) is 38.0. The quantitative estimate of drug-likeness (QED) is 0.643. The Morgan fingerprint density at radius 1 is 1.26 bits per heavy atom. The maximum absolute atomic E-state index is 12.5. The van der Waals surface area contributed by atoms with E-state index in [4.69, 9.17) is 9.47 Å². The summed E-state index contributed by atoms with van der Waals surface area (Å²) in [7, 11) is 0. The Hall–Kier alpha value is -2.45. The largest absolute Gasteiger partial charge is 0.465 e. The van der Waals surface area contributed by atoms with Crippen molar-refractivity contribution in [2.24, 2.45) is 0 Å². The molecule has 8 heteroatoms. The zero-order chi connectivity index (χ0) is 19.6. The molecule has 1 aromatic rings. The standard InChI is InChI=1S/C19H27N3O5/c1-3-14-7-5-6-8-15(14)21-17(23)12-22-9-10-26-13-16(22)19(25)20-11-18(24)27-4-2/h5-8,16H,3-4,9-13H2,1-2H3,(H,20,25)(H,21,23)/t16-/m0/s1. The van der Waals surface area contributed by atoms with Gasteiger partial charge in [-0.2, -0.15) is 0 Å². The lowest BCUT2D eigenvalue weighted by atomic mass is 10.1. The number of morpholine rings is 1. The Bertz CT molecular complexity index is 665. The van der Waals surface area contributed by atoms with E-state index in [1.54, 1.807) is 11.8 Å². The molecule has 0 aromatic heterocycles. The fourth-order valence-corrected chi connectivity index (χ4v) is 2.88. The molecule has 1 aromatic carbocycles. The average molecular weight is 377 g/mol. The van der Waals surface area contributed by atoms with Gasteiger partial charge in [-0.05, 0) is 25.0 Å². The van der Waals surface area contributed by atoms with Gasteiger partial charge in [-0.3, -0.25) is 19.3 Å². The number of aryl methyl sites for hydroxylation is 1. The number of carbonyl (C=O) groups is 3. The van der Waals surface area contributed by atoms with Crippen LogP contribution in [0.2, 0.25) is 0 Å². The predicted octanol–water partition coefficient (Wildman–Crippen LogP) is 0.568. The van der Waals surface area contributed by atoms with Gasteiger partial charge in [0.1, 0.15) is 12.6 Å². The van der Waals surface area contributed by atoms with E-state index in [1.807, 2.05) is 31.2 Å². The van der Waals surface area contributed by atoms with Gasteiger partial charge >= 0.3 is 5.97 Å². The molecule has 2 amide bonds. The highest BCUT2D eigenvalue weighted by molar-refractivity contribution is 5.93. The van der Waals surface area contributed by atoms with Crippen molar-refractivity contribution in [3.63, 3.8) is 0 Å². The van der Waals surface area contributed by atoms with Crippen molar-refractivity contribution < 1.29 is 23.9 Å². The lowest BCUT2D eigenvalue weighted by Gasteiger charge is -2.33. The van der Waals surface area contributed by atoms with Crippen molar-refractivity contribution >= 4 is 23.5 Å². The molecule has 0 saturated carbocycles. The Morgan fingerprint density at radius 2 is 2.04 bits per heavy atom. The van der Waals surface area contributed by atoms with Crippen LogP contribution in [0.4, 0.5) is 5.69 Å². The first-order chi connectivity index (χ1) is 13.0. The number of hydrogen-bond donors (Lipinski definition) is 2. The highest BCUT2D eigenvalue weighted by Gasteiger charge is 2.31. The topological polar surface area (TPSA) is 97.0 Å². The molecule has 0 bridgehead atoms. The van der Waals surface area contributed by atoms with Crippen molar-refractivity contribution in [1.82, 2.24) is 10.2 Å². The van der Waals surface area contributed by atoms with Crippen LogP contribution < -0.4 is 10.6 Å². The molecule has 1 aliphatic rings. The molecular weight excluding hydrogens is 350 g/mol. The second-order valence-corrected chi connectivity index (χ2v) is 6.14. The zero-order valence-electron chi connectivity index (χ0n) is 15.8. The number of nitrogens with zero attached hydrogens (tertiary/aromatic N) is 1. The minimum Gasteiger partial charge on any atom is -0.465 e. The number of carbonyl (C=O) groups excluding carboxylic acids is 3. The number of benzene rings is 1. The first-order valence-electron chi connectivity index (χ1n) is 9.18. The van der Waals surface area contributed by atoms with E-state index >= 15 is 0 Å². The number of para-hydroxylation sites is 1. The van der Waals surface area contributed by atoms with Gasteiger partial charge in [0.05, 0.1) is 26.4 Å². The highest BCUT2D eigenvalue weighted by Crippen LogP contribution is 2.16. The number of esters is 1. The summed E-state index contributed by atoms with van der Waals surface area (Å²) in [6, 6.07) is 7.01. The van der Waals surface area contributed by atoms with E-state index < -0.39 is 12.0 Å². The number of amides is 2. The van der Waals surface area contributed by atoms with Crippen LogP contribution in [0, 0.1) is 0 Å². The number of ether oxygens (including phenoxy) is 2. The molecule has 1 heterocycles. The minimum absolute atomic E-state index is 0.0684. The normalized spacial score (nSPS) is 17.2. The van der Waals surface area contributed by atoms with E-state index in [1.165, 1.54) is 0 Å². The molecular formula is C19H27N3O5. The van der Waals surface area contributed by atoms with Crippen molar-refractivity contribution in [1.29, 1.82) is 0 Å². The van der Waals surface area contributed by atoms with E-state index in [0.717, 1.165) is 17.7 Å². The summed E-state index contributed by atoms with van der Waals surface area (Å²) in [5.74, 6) is -1.05. The fraction of sp³-hybridized carbons (Fsp3) is 0.526. The maximum Gasteiger partial charge on any atom is 0.325 e. The van der Waals surface area contributed by atoms with Gasteiger partial charge in [0, 0.05) is 12.2 Å². The maximum atomic E-state index is 12.5. The first kappa shape index (κ1) is 20.9. The SMILES string of the molecule is CCOC(=O)CNC(=O)[C@@H]1COCCN1CC(=O)Nc1ccccc1CC. The van der Waals surface area contributed by atoms with Crippen LogP contribution in [0.15, 0.2) is 24.3 Å². The lowest BCUT2D eigenvalue weighted by Crippen LogP contribution is -2.56. The Morgan fingerprint density at radius 3 is 2.78 bits per heavy atom. The van der Waals surface area contributed by atoms with Crippen molar-refractivity contribution in [3.8, 4) is 0 Å². The molecule has 0 radical (unpaired) electrons. The Kier molecular flexibility index (Phi) is 8.22. The monoisotopic (exact) mass is 377 g/mol. The second kappa shape index (κ2) is 10.6. The molecule has 2 N–H and O–H groups in total. The smallest absolute Gasteiger partial charge is 0.325 e. The van der Waals surface area contributed by atoms with Crippen LogP contribution in [-0.2, 0) is 30.3 Å². The van der Waals surface area contributed by atoms with Crippen LogP contribution >= 0.6 is 0 Å². The number of anilines is 1. The molecule has 0 spiro atoms. The van der Waals surface area contributed by atoms with Gasteiger partial charge in [-0.25, -0.2) is 0 Å². The van der Waals surface area contributed by atoms with Crippen molar-refractivity contribution in [2.75, 3.05) is 44.8 Å². The van der Waals surface area contributed by atoms with E-state index in [-0.39, 0.29) is 38.1 Å². The predicted molar refractivity (Wildman–Crippen MR) is 100 cm³/mol. The van der Waals surface area contributed by atoms with Gasteiger partial charge in [-0.15, -0.1) is 0 Å². The van der Waals surface area contributed by atoms with Gasteiger partial charge in [-0.1, -0.05) is 25.1 Å². The number of nitrogens with one attached hydrogen (secondary N) is 2. The molecule has 0 unspecified atom stereocenters. The molecule has 1 atom stereocenters. The summed E-state index contributed by atoms with van der Waals surface area (Å²) < 4.78 is 10.2. The fourth-order valence-electron chi connectivity index (χ4n) is 2.88. The van der Waals surface area contributed by atoms with E-state index in [0.29, 0.717) is 13.2 Å². The molecule has 27 heavy (non-hydrogen) atoms. The molecule has 0 aliphatic carbocycles. The Balaban J connectivity index is 1.93. The average Bonchev–Trinajstić information content (AvgIpc) is 2.67. The molecule has 148 valence electrons. The van der Waals surface area contributed by atoms with Crippen LogP contribution in [0.1, 0.15) is 19.4 Å². The number of hydrogen-bond acceptors (Lipinski definition) is 6. The van der Waals surface area contributed by atoms with Gasteiger partial charge in [0.25, 0.3) is 0 Å².